The van der Waals surface area contributed by atoms with Gasteiger partial charge < -0.3 is 9.88 Å². The molecule has 3 aromatic rings. The normalized spacial score (nSPS) is 17.2. The van der Waals surface area contributed by atoms with Gasteiger partial charge in [-0.2, -0.15) is 0 Å². The first-order chi connectivity index (χ1) is 13.4. The Hall–Kier alpha value is -2.31. The van der Waals surface area contributed by atoms with E-state index in [0.717, 1.165) is 18.4 Å². The predicted molar refractivity (Wildman–Crippen MR) is 108 cm³/mol. The zero-order valence-corrected chi connectivity index (χ0v) is 16.4. The highest BCUT2D eigenvalue weighted by Gasteiger charge is 2.27. The Balaban J connectivity index is 1.55. The van der Waals surface area contributed by atoms with E-state index >= 15 is 0 Å². The van der Waals surface area contributed by atoms with Gasteiger partial charge in [0.1, 0.15) is 5.82 Å². The number of H-pyrrole nitrogens is 1. The number of aromatic amines is 1. The van der Waals surface area contributed by atoms with E-state index in [-0.39, 0.29) is 24.1 Å². The van der Waals surface area contributed by atoms with E-state index in [0.29, 0.717) is 34.2 Å². The maximum Gasteiger partial charge on any atom is 0.326 e. The van der Waals surface area contributed by atoms with Crippen molar-refractivity contribution in [1.29, 1.82) is 0 Å². The Morgan fingerprint density at radius 1 is 1.18 bits per heavy atom. The predicted octanol–water partition coefficient (Wildman–Crippen LogP) is 4.18. The van der Waals surface area contributed by atoms with Gasteiger partial charge in [-0.1, -0.05) is 23.2 Å². The fraction of sp³-hybridized carbons (Fsp3) is 0.300. The third-order valence-electron chi connectivity index (χ3n) is 5.07. The van der Waals surface area contributed by atoms with Gasteiger partial charge in [0.25, 0.3) is 0 Å². The number of rotatable bonds is 3. The zero-order valence-electron chi connectivity index (χ0n) is 14.9. The summed E-state index contributed by atoms with van der Waals surface area (Å²) in [5.41, 5.74) is 1.57. The average Bonchev–Trinajstić information content (AvgIpc) is 2.95. The molecular formula is C20H18Cl2FN3O2. The topological polar surface area (TPSA) is 58.1 Å². The summed E-state index contributed by atoms with van der Waals surface area (Å²) in [4.78, 5) is 29.7. The molecule has 1 N–H and O–H groups in total. The van der Waals surface area contributed by atoms with Crippen LogP contribution in [0.4, 0.5) is 4.39 Å². The molecule has 1 aliphatic heterocycles. The molecule has 1 fully saturated rings. The van der Waals surface area contributed by atoms with Crippen molar-refractivity contribution in [3.05, 3.63) is 68.3 Å². The van der Waals surface area contributed by atoms with E-state index in [4.69, 9.17) is 23.2 Å². The zero-order chi connectivity index (χ0) is 19.8. The summed E-state index contributed by atoms with van der Waals surface area (Å²) in [5.74, 6) is -0.441. The number of nitrogens with zero attached hydrogens (tertiary/aromatic N) is 2. The van der Waals surface area contributed by atoms with E-state index in [2.05, 4.69) is 4.98 Å². The van der Waals surface area contributed by atoms with Crippen LogP contribution >= 0.6 is 23.2 Å². The molecular weight excluding hydrogens is 404 g/mol. The van der Waals surface area contributed by atoms with Crippen LogP contribution < -0.4 is 5.69 Å². The highest BCUT2D eigenvalue weighted by atomic mass is 35.5. The molecule has 1 atom stereocenters. The van der Waals surface area contributed by atoms with Gasteiger partial charge >= 0.3 is 5.69 Å². The highest BCUT2D eigenvalue weighted by Crippen LogP contribution is 2.25. The third-order valence-corrected chi connectivity index (χ3v) is 5.51. The van der Waals surface area contributed by atoms with Gasteiger partial charge in [-0.15, -0.1) is 0 Å². The van der Waals surface area contributed by atoms with E-state index in [1.54, 1.807) is 33.7 Å². The number of nitrogens with one attached hydrogen (secondary N) is 1. The smallest absolute Gasteiger partial charge is 0.326 e. The standard InChI is InChI=1S/C20H18Cl2FN3O2/c21-13-6-12(7-14(22)9-13)8-19(27)25-5-1-2-16(11-25)26-18-4-3-15(23)10-17(18)24-20(26)28/h3-4,6-7,9-10,16H,1-2,5,8,11H2,(H,24,28)/t16-/m0/s1. The van der Waals surface area contributed by atoms with Gasteiger partial charge in [0.2, 0.25) is 5.91 Å². The number of hydrogen-bond donors (Lipinski definition) is 1. The number of carbonyl (C=O) groups excluding carboxylic acids is 1. The summed E-state index contributed by atoms with van der Waals surface area (Å²) in [6.07, 6.45) is 1.75. The molecule has 2 aromatic carbocycles. The van der Waals surface area contributed by atoms with Crippen LogP contribution in [0.5, 0.6) is 0 Å². The van der Waals surface area contributed by atoms with Crippen molar-refractivity contribution in [2.45, 2.75) is 25.3 Å². The van der Waals surface area contributed by atoms with Crippen LogP contribution in [-0.2, 0) is 11.2 Å². The van der Waals surface area contributed by atoms with Gasteiger partial charge in [0.05, 0.1) is 23.5 Å². The Bertz CT molecular complexity index is 1090. The van der Waals surface area contributed by atoms with Crippen LogP contribution in [0.25, 0.3) is 11.0 Å². The Morgan fingerprint density at radius 3 is 2.68 bits per heavy atom. The van der Waals surface area contributed by atoms with E-state index in [1.807, 2.05) is 0 Å². The molecule has 0 bridgehead atoms. The fourth-order valence-electron chi connectivity index (χ4n) is 3.86. The number of amides is 1. The second kappa shape index (κ2) is 7.60. The molecule has 0 radical (unpaired) electrons. The highest BCUT2D eigenvalue weighted by molar-refractivity contribution is 6.34. The van der Waals surface area contributed by atoms with Gasteiger partial charge in [-0.05, 0) is 54.8 Å². The van der Waals surface area contributed by atoms with E-state index in [1.165, 1.54) is 12.1 Å². The summed E-state index contributed by atoms with van der Waals surface area (Å²) in [6, 6.07) is 9.16. The molecule has 1 amide bonds. The number of piperidine rings is 1. The lowest BCUT2D eigenvalue weighted by molar-refractivity contribution is -0.132. The summed E-state index contributed by atoms with van der Waals surface area (Å²) in [6.45, 7) is 1.06. The Labute approximate surface area is 170 Å². The van der Waals surface area contributed by atoms with Crippen molar-refractivity contribution in [3.63, 3.8) is 0 Å². The first kappa shape index (κ1) is 19.0. The van der Waals surface area contributed by atoms with Crippen molar-refractivity contribution in [2.24, 2.45) is 0 Å². The van der Waals surface area contributed by atoms with Crippen molar-refractivity contribution in [1.82, 2.24) is 14.5 Å². The van der Waals surface area contributed by atoms with Gasteiger partial charge in [0.15, 0.2) is 0 Å². The number of imidazole rings is 1. The number of aromatic nitrogens is 2. The molecule has 1 aliphatic rings. The lowest BCUT2D eigenvalue weighted by atomic mass is 10.0. The number of halogens is 3. The minimum Gasteiger partial charge on any atom is -0.340 e. The quantitative estimate of drug-likeness (QED) is 0.689. The molecule has 28 heavy (non-hydrogen) atoms. The summed E-state index contributed by atoms with van der Waals surface area (Å²) in [7, 11) is 0. The molecule has 5 nitrogen and oxygen atoms in total. The molecule has 2 heterocycles. The van der Waals surface area contributed by atoms with Crippen LogP contribution in [0.2, 0.25) is 10.0 Å². The first-order valence-electron chi connectivity index (χ1n) is 9.03. The van der Waals surface area contributed by atoms with Crippen LogP contribution in [0.3, 0.4) is 0 Å². The van der Waals surface area contributed by atoms with Crippen molar-refractivity contribution in [3.8, 4) is 0 Å². The Morgan fingerprint density at radius 2 is 1.93 bits per heavy atom. The molecule has 1 aromatic heterocycles. The molecule has 8 heteroatoms. The molecule has 0 unspecified atom stereocenters. The molecule has 1 saturated heterocycles. The minimum atomic E-state index is -0.401. The Kier molecular flexibility index (Phi) is 5.17. The monoisotopic (exact) mass is 421 g/mol. The van der Waals surface area contributed by atoms with Crippen molar-refractivity contribution >= 4 is 40.1 Å². The molecule has 0 aliphatic carbocycles. The molecule has 4 rings (SSSR count). The second-order valence-corrected chi connectivity index (χ2v) is 7.92. The van der Waals surface area contributed by atoms with Crippen LogP contribution in [0.1, 0.15) is 24.4 Å². The maximum absolute atomic E-state index is 13.4. The van der Waals surface area contributed by atoms with Crippen molar-refractivity contribution in [2.75, 3.05) is 13.1 Å². The number of benzene rings is 2. The minimum absolute atomic E-state index is 0.0398. The largest absolute Gasteiger partial charge is 0.340 e. The van der Waals surface area contributed by atoms with Gasteiger partial charge in [-0.3, -0.25) is 9.36 Å². The van der Waals surface area contributed by atoms with E-state index in [9.17, 15) is 14.0 Å². The number of fused-ring (bicyclic) bond motifs is 1. The number of carbonyl (C=O) groups is 1. The summed E-state index contributed by atoms with van der Waals surface area (Å²) >= 11 is 12.0. The van der Waals surface area contributed by atoms with Crippen LogP contribution in [0.15, 0.2) is 41.2 Å². The average molecular weight is 422 g/mol. The van der Waals surface area contributed by atoms with Crippen LogP contribution in [0, 0.1) is 5.82 Å². The fourth-order valence-corrected chi connectivity index (χ4v) is 4.43. The molecule has 146 valence electrons. The molecule has 0 spiro atoms. The van der Waals surface area contributed by atoms with Gasteiger partial charge in [-0.25, -0.2) is 9.18 Å². The van der Waals surface area contributed by atoms with Gasteiger partial charge in [0, 0.05) is 23.1 Å². The first-order valence-corrected chi connectivity index (χ1v) is 9.79. The number of hydrogen-bond acceptors (Lipinski definition) is 2. The summed E-state index contributed by atoms with van der Waals surface area (Å²) < 4.78 is 15.1. The van der Waals surface area contributed by atoms with E-state index < -0.39 is 5.82 Å². The summed E-state index contributed by atoms with van der Waals surface area (Å²) in [5, 5.41) is 0.980. The van der Waals surface area contributed by atoms with Crippen molar-refractivity contribution < 1.29 is 9.18 Å². The molecule has 0 saturated carbocycles. The lowest BCUT2D eigenvalue weighted by Gasteiger charge is -2.33. The maximum atomic E-state index is 13.4. The SMILES string of the molecule is O=C(Cc1cc(Cl)cc(Cl)c1)N1CCC[C@H](n2c(=O)[nH]c3cc(F)ccc32)C1. The number of likely N-dealkylation sites (tertiary alicyclic amines) is 1. The van der Waals surface area contributed by atoms with Crippen LogP contribution in [-0.4, -0.2) is 33.4 Å². The lowest BCUT2D eigenvalue weighted by Crippen LogP contribution is -2.43. The third kappa shape index (κ3) is 3.80. The second-order valence-electron chi connectivity index (χ2n) is 7.05.